The lowest BCUT2D eigenvalue weighted by Gasteiger charge is -2.40. The standard InChI is InChI=1S/C13H20N2O2S/c1-3-15(11-9-14-10-11)12-7-5-6-8-13(12)18(16,17)4-2/h5-8,11,14H,3-4,9-10H2,1-2H3. The van der Waals surface area contributed by atoms with E-state index in [0.717, 1.165) is 25.3 Å². The highest BCUT2D eigenvalue weighted by molar-refractivity contribution is 7.91. The van der Waals surface area contributed by atoms with Crippen molar-refractivity contribution in [3.8, 4) is 0 Å². The van der Waals surface area contributed by atoms with Crippen LogP contribution in [0.2, 0.25) is 0 Å². The van der Waals surface area contributed by atoms with Crippen LogP contribution in [0.25, 0.3) is 0 Å². The normalized spacial score (nSPS) is 16.3. The number of sulfone groups is 1. The van der Waals surface area contributed by atoms with E-state index in [-0.39, 0.29) is 5.75 Å². The van der Waals surface area contributed by atoms with Gasteiger partial charge < -0.3 is 10.2 Å². The largest absolute Gasteiger partial charge is 0.365 e. The van der Waals surface area contributed by atoms with E-state index in [1.807, 2.05) is 12.1 Å². The SMILES string of the molecule is CCN(c1ccccc1S(=O)(=O)CC)C1CNC1. The van der Waals surface area contributed by atoms with Crippen molar-refractivity contribution in [2.75, 3.05) is 30.3 Å². The fraction of sp³-hybridized carbons (Fsp3) is 0.538. The highest BCUT2D eigenvalue weighted by atomic mass is 32.2. The highest BCUT2D eigenvalue weighted by Crippen LogP contribution is 2.28. The van der Waals surface area contributed by atoms with Crippen LogP contribution in [0.5, 0.6) is 0 Å². The number of hydrogen-bond donors (Lipinski definition) is 1. The van der Waals surface area contributed by atoms with Gasteiger partial charge in [-0.1, -0.05) is 19.1 Å². The molecule has 1 aromatic carbocycles. The molecule has 0 aliphatic carbocycles. The highest BCUT2D eigenvalue weighted by Gasteiger charge is 2.27. The average molecular weight is 268 g/mol. The van der Waals surface area contributed by atoms with Gasteiger partial charge in [0.2, 0.25) is 0 Å². The van der Waals surface area contributed by atoms with Gasteiger partial charge in [-0.05, 0) is 19.1 Å². The fourth-order valence-electron chi connectivity index (χ4n) is 2.23. The summed E-state index contributed by atoms with van der Waals surface area (Å²) >= 11 is 0. The first kappa shape index (κ1) is 13.4. The predicted octanol–water partition coefficient (Wildman–Crippen LogP) is 1.28. The molecule has 0 radical (unpaired) electrons. The van der Waals surface area contributed by atoms with Crippen molar-refractivity contribution in [1.29, 1.82) is 0 Å². The molecular weight excluding hydrogens is 248 g/mol. The van der Waals surface area contributed by atoms with Crippen molar-refractivity contribution in [1.82, 2.24) is 5.32 Å². The molecule has 0 spiro atoms. The van der Waals surface area contributed by atoms with Crippen LogP contribution in [0, 0.1) is 0 Å². The maximum Gasteiger partial charge on any atom is 0.180 e. The summed E-state index contributed by atoms with van der Waals surface area (Å²) in [6.07, 6.45) is 0. The van der Waals surface area contributed by atoms with Crippen LogP contribution >= 0.6 is 0 Å². The summed E-state index contributed by atoms with van der Waals surface area (Å²) in [5, 5.41) is 3.23. The van der Waals surface area contributed by atoms with Gasteiger partial charge in [0.1, 0.15) is 0 Å². The molecule has 0 saturated carbocycles. The molecular formula is C13H20N2O2S. The molecule has 1 fully saturated rings. The number of nitrogens with zero attached hydrogens (tertiary/aromatic N) is 1. The summed E-state index contributed by atoms with van der Waals surface area (Å²) in [6.45, 7) is 6.42. The van der Waals surface area contributed by atoms with Crippen molar-refractivity contribution in [3.63, 3.8) is 0 Å². The van der Waals surface area contributed by atoms with E-state index in [2.05, 4.69) is 17.1 Å². The Balaban J connectivity index is 2.43. The monoisotopic (exact) mass is 268 g/mol. The number of nitrogens with one attached hydrogen (secondary N) is 1. The second kappa shape index (κ2) is 5.28. The Morgan fingerprint density at radius 3 is 2.44 bits per heavy atom. The first-order valence-corrected chi connectivity index (χ1v) is 8.04. The fourth-order valence-corrected chi connectivity index (χ4v) is 3.33. The summed E-state index contributed by atoms with van der Waals surface area (Å²) in [5.41, 5.74) is 0.841. The Morgan fingerprint density at radius 2 is 1.94 bits per heavy atom. The molecule has 1 aliphatic heterocycles. The minimum atomic E-state index is -3.16. The molecule has 0 bridgehead atoms. The van der Waals surface area contributed by atoms with Gasteiger partial charge in [0.15, 0.2) is 9.84 Å². The number of para-hydroxylation sites is 1. The Kier molecular flexibility index (Phi) is 3.92. The summed E-state index contributed by atoms with van der Waals surface area (Å²) in [4.78, 5) is 2.64. The molecule has 1 heterocycles. The number of likely N-dealkylation sites (N-methyl/N-ethyl adjacent to an activating group) is 1. The van der Waals surface area contributed by atoms with Crippen LogP contribution in [0.4, 0.5) is 5.69 Å². The minimum Gasteiger partial charge on any atom is -0.365 e. The summed E-state index contributed by atoms with van der Waals surface area (Å²) < 4.78 is 24.3. The van der Waals surface area contributed by atoms with Gasteiger partial charge >= 0.3 is 0 Å². The summed E-state index contributed by atoms with van der Waals surface area (Å²) in [5.74, 6) is 0.143. The first-order valence-electron chi connectivity index (χ1n) is 6.39. The minimum absolute atomic E-state index is 0.143. The zero-order valence-corrected chi connectivity index (χ0v) is 11.7. The van der Waals surface area contributed by atoms with E-state index < -0.39 is 9.84 Å². The third-order valence-corrected chi connectivity index (χ3v) is 5.21. The third kappa shape index (κ3) is 2.37. The van der Waals surface area contributed by atoms with Crippen LogP contribution in [-0.4, -0.2) is 39.8 Å². The van der Waals surface area contributed by atoms with Crippen molar-refractivity contribution in [3.05, 3.63) is 24.3 Å². The molecule has 2 rings (SSSR count). The molecule has 100 valence electrons. The van der Waals surface area contributed by atoms with Crippen LogP contribution in [0.3, 0.4) is 0 Å². The van der Waals surface area contributed by atoms with E-state index >= 15 is 0 Å². The van der Waals surface area contributed by atoms with Crippen molar-refractivity contribution in [2.45, 2.75) is 24.8 Å². The second-order valence-corrected chi connectivity index (χ2v) is 6.72. The summed E-state index contributed by atoms with van der Waals surface area (Å²) in [6, 6.07) is 7.72. The summed E-state index contributed by atoms with van der Waals surface area (Å²) in [7, 11) is -3.16. The van der Waals surface area contributed by atoms with E-state index in [9.17, 15) is 8.42 Å². The lowest BCUT2D eigenvalue weighted by Crippen LogP contribution is -2.57. The topological polar surface area (TPSA) is 49.4 Å². The maximum atomic E-state index is 12.1. The van der Waals surface area contributed by atoms with Crippen molar-refractivity contribution in [2.24, 2.45) is 0 Å². The predicted molar refractivity (Wildman–Crippen MR) is 73.8 cm³/mol. The van der Waals surface area contributed by atoms with E-state index in [1.165, 1.54) is 0 Å². The second-order valence-electron chi connectivity index (χ2n) is 4.47. The molecule has 5 heteroatoms. The van der Waals surface area contributed by atoms with E-state index in [1.54, 1.807) is 19.1 Å². The molecule has 18 heavy (non-hydrogen) atoms. The van der Waals surface area contributed by atoms with Crippen molar-refractivity contribution < 1.29 is 8.42 Å². The maximum absolute atomic E-state index is 12.1. The van der Waals surface area contributed by atoms with Crippen LogP contribution in [0.1, 0.15) is 13.8 Å². The van der Waals surface area contributed by atoms with Crippen LogP contribution < -0.4 is 10.2 Å². The van der Waals surface area contributed by atoms with Gasteiger partial charge in [0, 0.05) is 19.6 Å². The molecule has 4 nitrogen and oxygen atoms in total. The molecule has 0 unspecified atom stereocenters. The molecule has 0 aromatic heterocycles. The van der Waals surface area contributed by atoms with Gasteiger partial charge in [0.05, 0.1) is 22.4 Å². The molecule has 1 aromatic rings. The lowest BCUT2D eigenvalue weighted by atomic mass is 10.1. The van der Waals surface area contributed by atoms with Crippen molar-refractivity contribution >= 4 is 15.5 Å². The Hall–Kier alpha value is -1.07. The smallest absolute Gasteiger partial charge is 0.180 e. The van der Waals surface area contributed by atoms with Gasteiger partial charge in [-0.15, -0.1) is 0 Å². The van der Waals surface area contributed by atoms with Gasteiger partial charge in [-0.2, -0.15) is 0 Å². The van der Waals surface area contributed by atoms with E-state index in [4.69, 9.17) is 0 Å². The third-order valence-electron chi connectivity index (χ3n) is 3.43. The Labute approximate surface area is 109 Å². The van der Waals surface area contributed by atoms with E-state index in [0.29, 0.717) is 10.9 Å². The number of hydrogen-bond acceptors (Lipinski definition) is 4. The Bertz CT molecular complexity index is 509. The van der Waals surface area contributed by atoms with Gasteiger partial charge in [-0.3, -0.25) is 0 Å². The molecule has 0 atom stereocenters. The molecule has 1 aliphatic rings. The molecule has 1 saturated heterocycles. The Morgan fingerprint density at radius 1 is 1.28 bits per heavy atom. The van der Waals surface area contributed by atoms with Crippen LogP contribution in [-0.2, 0) is 9.84 Å². The number of anilines is 1. The van der Waals surface area contributed by atoms with Gasteiger partial charge in [-0.25, -0.2) is 8.42 Å². The molecule has 0 amide bonds. The molecule has 1 N–H and O–H groups in total. The number of rotatable bonds is 5. The zero-order valence-electron chi connectivity index (χ0n) is 10.9. The van der Waals surface area contributed by atoms with Gasteiger partial charge in [0.25, 0.3) is 0 Å². The zero-order chi connectivity index (χ0) is 13.2. The number of benzene rings is 1. The lowest BCUT2D eigenvalue weighted by molar-refractivity contribution is 0.416. The van der Waals surface area contributed by atoms with Crippen LogP contribution in [0.15, 0.2) is 29.2 Å². The first-order chi connectivity index (χ1) is 8.60. The average Bonchev–Trinajstić information content (AvgIpc) is 2.33. The quantitative estimate of drug-likeness (QED) is 0.874.